The van der Waals surface area contributed by atoms with Crippen molar-refractivity contribution in [2.45, 2.75) is 71.4 Å². The van der Waals surface area contributed by atoms with E-state index in [2.05, 4.69) is 15.3 Å². The van der Waals surface area contributed by atoms with Gasteiger partial charge in [0.15, 0.2) is 0 Å². The lowest BCUT2D eigenvalue weighted by Crippen LogP contribution is -2.36. The zero-order chi connectivity index (χ0) is 27.7. The summed E-state index contributed by atoms with van der Waals surface area (Å²) in [6, 6.07) is 8.55. The van der Waals surface area contributed by atoms with Crippen LogP contribution in [0.4, 0.5) is 0 Å². The topological polar surface area (TPSA) is 137 Å². The molecule has 2 atom stereocenters. The number of nitrogens with zero attached hydrogens (tertiary/aromatic N) is 5. The molecular weight excluding hydrogens is 510 g/mol. The number of pyridine rings is 1. The van der Waals surface area contributed by atoms with Crippen molar-refractivity contribution < 1.29 is 27.8 Å². The van der Waals surface area contributed by atoms with Gasteiger partial charge in [0.2, 0.25) is 15.9 Å². The number of hydrogen-bond acceptors (Lipinski definition) is 8. The number of carbonyl (C=O) groups is 1. The molecule has 38 heavy (non-hydrogen) atoms. The largest absolute Gasteiger partial charge is 0.481 e. The Morgan fingerprint density at radius 1 is 1.32 bits per heavy atom. The highest BCUT2D eigenvalue weighted by Crippen LogP contribution is 2.39. The first-order chi connectivity index (χ1) is 17.9. The van der Waals surface area contributed by atoms with Gasteiger partial charge in [-0.1, -0.05) is 23.4 Å². The fraction of sp³-hybridized carbons (Fsp3) is 0.462. The quantitative estimate of drug-likeness (QED) is 0.431. The fourth-order valence-electron chi connectivity index (χ4n) is 4.34. The summed E-state index contributed by atoms with van der Waals surface area (Å²) in [6.45, 7) is 9.77. The van der Waals surface area contributed by atoms with E-state index in [9.17, 15) is 18.3 Å². The Balaban J connectivity index is 1.67. The maximum Gasteiger partial charge on any atom is 0.312 e. The molecule has 0 amide bonds. The lowest BCUT2D eigenvalue weighted by Gasteiger charge is -2.31. The highest BCUT2D eigenvalue weighted by atomic mass is 32.2. The number of fused-ring (bicyclic) bond motifs is 1. The molecule has 0 spiro atoms. The molecule has 1 aliphatic heterocycles. The third kappa shape index (κ3) is 5.57. The van der Waals surface area contributed by atoms with Gasteiger partial charge in [-0.15, -0.1) is 5.10 Å². The second-order valence-electron chi connectivity index (χ2n) is 10.0. The minimum atomic E-state index is -3.89. The number of aryl methyl sites for hydroxylation is 2. The van der Waals surface area contributed by atoms with Gasteiger partial charge in [0, 0.05) is 19.3 Å². The lowest BCUT2D eigenvalue weighted by molar-refractivity contribution is -0.158. The highest BCUT2D eigenvalue weighted by molar-refractivity contribution is 7.89. The van der Waals surface area contributed by atoms with Crippen LogP contribution in [0, 0.1) is 12.3 Å². The van der Waals surface area contributed by atoms with Gasteiger partial charge in [-0.3, -0.25) is 9.48 Å². The van der Waals surface area contributed by atoms with Crippen LogP contribution in [-0.4, -0.2) is 56.4 Å². The van der Waals surface area contributed by atoms with Crippen LogP contribution in [0.25, 0.3) is 0 Å². The molecule has 3 heterocycles. The Morgan fingerprint density at radius 2 is 2.08 bits per heavy atom. The van der Waals surface area contributed by atoms with Crippen LogP contribution in [0.15, 0.2) is 47.6 Å². The third-order valence-corrected chi connectivity index (χ3v) is 8.49. The standard InChI is InChI=1S/C26H33N5O6S/c1-6-30-15-21(28-29-30)16-36-23(26(4,5)25(32)33)19-10-9-17(2)20(12-19)14-31-13-18(3)37-24-22(38(31,34)35)8-7-11-27-24/h7-12,15,18,23H,6,13-14,16H2,1-5H3,(H,32,33)/t18-,23-/m1/s1. The Morgan fingerprint density at radius 3 is 2.76 bits per heavy atom. The number of ether oxygens (including phenoxy) is 2. The molecule has 2 aromatic heterocycles. The number of carboxylic acids is 1. The maximum atomic E-state index is 13.5. The van der Waals surface area contributed by atoms with Crippen molar-refractivity contribution in [2.75, 3.05) is 6.54 Å². The van der Waals surface area contributed by atoms with Gasteiger partial charge < -0.3 is 14.6 Å². The van der Waals surface area contributed by atoms with Gasteiger partial charge in [-0.05, 0) is 63.4 Å². The van der Waals surface area contributed by atoms with Crippen LogP contribution in [0.2, 0.25) is 0 Å². The van der Waals surface area contributed by atoms with Crippen molar-refractivity contribution in [3.8, 4) is 5.88 Å². The fourth-order valence-corrected chi connectivity index (χ4v) is 5.90. The van der Waals surface area contributed by atoms with Crippen LogP contribution < -0.4 is 4.74 Å². The Bertz CT molecular complexity index is 1420. The molecule has 12 heteroatoms. The van der Waals surface area contributed by atoms with Gasteiger partial charge in [0.1, 0.15) is 16.7 Å². The molecule has 1 aliphatic rings. The van der Waals surface area contributed by atoms with E-state index in [-0.39, 0.29) is 30.5 Å². The third-order valence-electron chi connectivity index (χ3n) is 6.66. The number of aliphatic carboxylic acids is 1. The van der Waals surface area contributed by atoms with E-state index in [4.69, 9.17) is 9.47 Å². The van der Waals surface area contributed by atoms with Crippen molar-refractivity contribution in [3.63, 3.8) is 0 Å². The summed E-state index contributed by atoms with van der Waals surface area (Å²) < 4.78 is 42.0. The second kappa shape index (κ2) is 10.8. The summed E-state index contributed by atoms with van der Waals surface area (Å²) in [7, 11) is -3.89. The molecule has 11 nitrogen and oxygen atoms in total. The van der Waals surface area contributed by atoms with E-state index < -0.39 is 33.6 Å². The lowest BCUT2D eigenvalue weighted by atomic mass is 9.81. The molecular formula is C26H33N5O6S. The van der Waals surface area contributed by atoms with Gasteiger partial charge in [-0.25, -0.2) is 13.4 Å². The molecule has 0 bridgehead atoms. The molecule has 1 aromatic carbocycles. The van der Waals surface area contributed by atoms with E-state index in [0.717, 1.165) is 11.1 Å². The molecule has 3 aromatic rings. The predicted octanol–water partition coefficient (Wildman–Crippen LogP) is 3.34. The van der Waals surface area contributed by atoms with Crippen LogP contribution >= 0.6 is 0 Å². The number of hydrogen-bond donors (Lipinski definition) is 1. The SMILES string of the molecule is CCn1cc(CO[C@H](c2ccc(C)c(CN3C[C@@H](C)Oc4ncccc4S3(=O)=O)c2)C(C)(C)C(=O)O)nn1. The maximum absolute atomic E-state index is 13.5. The first-order valence-corrected chi connectivity index (χ1v) is 13.8. The molecule has 4 rings (SSSR count). The molecule has 0 unspecified atom stereocenters. The number of rotatable bonds is 9. The van der Waals surface area contributed by atoms with Gasteiger partial charge in [0.25, 0.3) is 0 Å². The molecule has 204 valence electrons. The average Bonchev–Trinajstić information content (AvgIpc) is 3.30. The van der Waals surface area contributed by atoms with Crippen LogP contribution in [0.3, 0.4) is 0 Å². The molecule has 0 aliphatic carbocycles. The summed E-state index contributed by atoms with van der Waals surface area (Å²) in [5, 5.41) is 18.1. The van der Waals surface area contributed by atoms with Crippen LogP contribution in [-0.2, 0) is 39.3 Å². The summed E-state index contributed by atoms with van der Waals surface area (Å²) in [4.78, 5) is 16.3. The van der Waals surface area contributed by atoms with Crippen molar-refractivity contribution in [2.24, 2.45) is 5.41 Å². The van der Waals surface area contributed by atoms with Crippen molar-refractivity contribution in [1.29, 1.82) is 0 Å². The Hall–Kier alpha value is -3.35. The smallest absolute Gasteiger partial charge is 0.312 e. The van der Waals surface area contributed by atoms with E-state index in [1.54, 1.807) is 37.7 Å². The molecule has 0 saturated carbocycles. The summed E-state index contributed by atoms with van der Waals surface area (Å²) in [5.74, 6) is -0.934. The van der Waals surface area contributed by atoms with Gasteiger partial charge in [0.05, 0.1) is 30.9 Å². The highest BCUT2D eigenvalue weighted by Gasteiger charge is 2.40. The minimum Gasteiger partial charge on any atom is -0.481 e. The van der Waals surface area contributed by atoms with E-state index >= 15 is 0 Å². The van der Waals surface area contributed by atoms with Crippen molar-refractivity contribution in [1.82, 2.24) is 24.3 Å². The average molecular weight is 544 g/mol. The van der Waals surface area contributed by atoms with Crippen molar-refractivity contribution >= 4 is 16.0 Å². The van der Waals surface area contributed by atoms with E-state index in [1.807, 2.05) is 32.0 Å². The number of aromatic nitrogens is 4. The second-order valence-corrected chi connectivity index (χ2v) is 11.9. The Kier molecular flexibility index (Phi) is 7.86. The summed E-state index contributed by atoms with van der Waals surface area (Å²) in [6.07, 6.45) is 2.00. The van der Waals surface area contributed by atoms with E-state index in [1.165, 1.54) is 16.6 Å². The predicted molar refractivity (Wildman–Crippen MR) is 138 cm³/mol. The minimum absolute atomic E-state index is 0.0199. The molecule has 0 fully saturated rings. The number of sulfonamides is 1. The summed E-state index contributed by atoms with van der Waals surface area (Å²) >= 11 is 0. The first-order valence-electron chi connectivity index (χ1n) is 12.4. The molecule has 1 N–H and O–H groups in total. The monoisotopic (exact) mass is 543 g/mol. The van der Waals surface area contributed by atoms with Gasteiger partial charge in [-0.2, -0.15) is 4.31 Å². The number of benzene rings is 1. The normalized spacial score (nSPS) is 18.3. The Labute approximate surface area is 222 Å². The zero-order valence-electron chi connectivity index (χ0n) is 22.2. The summed E-state index contributed by atoms with van der Waals surface area (Å²) in [5.41, 5.74) is 1.53. The number of carboxylic acid groups (broad SMARTS) is 1. The van der Waals surface area contributed by atoms with Crippen LogP contribution in [0.1, 0.15) is 56.2 Å². The van der Waals surface area contributed by atoms with Crippen LogP contribution in [0.5, 0.6) is 5.88 Å². The van der Waals surface area contributed by atoms with Gasteiger partial charge >= 0.3 is 5.97 Å². The van der Waals surface area contributed by atoms with Crippen molar-refractivity contribution in [3.05, 3.63) is 65.1 Å². The zero-order valence-corrected chi connectivity index (χ0v) is 23.0. The molecule has 0 saturated heterocycles. The molecule has 0 radical (unpaired) electrons. The first kappa shape index (κ1) is 27.7. The van der Waals surface area contributed by atoms with E-state index in [0.29, 0.717) is 17.8 Å².